The SMILES string of the molecule is COc1cc2c(cc1Cl)CCN(C)C(=O)[C@H]2C(C)=C(C)C. The fourth-order valence-electron chi connectivity index (χ4n) is 2.71. The van der Waals surface area contributed by atoms with Crippen LogP contribution in [0.25, 0.3) is 0 Å². The van der Waals surface area contributed by atoms with Crippen molar-refractivity contribution in [2.45, 2.75) is 33.1 Å². The van der Waals surface area contributed by atoms with E-state index in [-0.39, 0.29) is 11.8 Å². The molecule has 0 radical (unpaired) electrons. The molecule has 0 bridgehead atoms. The first-order valence-electron chi connectivity index (χ1n) is 7.12. The molecule has 1 aromatic rings. The molecule has 0 spiro atoms. The first-order valence-corrected chi connectivity index (χ1v) is 7.49. The van der Waals surface area contributed by atoms with Gasteiger partial charge in [0.2, 0.25) is 5.91 Å². The summed E-state index contributed by atoms with van der Waals surface area (Å²) in [5.41, 5.74) is 4.41. The van der Waals surface area contributed by atoms with Crippen LogP contribution in [0.1, 0.15) is 37.8 Å². The van der Waals surface area contributed by atoms with Crippen molar-refractivity contribution < 1.29 is 9.53 Å². The smallest absolute Gasteiger partial charge is 0.233 e. The van der Waals surface area contributed by atoms with E-state index < -0.39 is 0 Å². The predicted octanol–water partition coefficient (Wildman–Crippen LogP) is 3.80. The number of hydrogen-bond acceptors (Lipinski definition) is 2. The summed E-state index contributed by atoms with van der Waals surface area (Å²) >= 11 is 6.24. The highest BCUT2D eigenvalue weighted by Crippen LogP contribution is 2.38. The minimum absolute atomic E-state index is 0.136. The van der Waals surface area contributed by atoms with E-state index in [1.807, 2.05) is 40.0 Å². The highest BCUT2D eigenvalue weighted by Gasteiger charge is 2.31. The number of fused-ring (bicyclic) bond motifs is 1. The van der Waals surface area contributed by atoms with Gasteiger partial charge in [0.25, 0.3) is 0 Å². The topological polar surface area (TPSA) is 29.5 Å². The number of rotatable bonds is 2. The van der Waals surface area contributed by atoms with Crippen LogP contribution < -0.4 is 4.74 Å². The lowest BCUT2D eigenvalue weighted by Gasteiger charge is -2.23. The number of halogens is 1. The maximum absolute atomic E-state index is 12.8. The Morgan fingerprint density at radius 3 is 2.57 bits per heavy atom. The van der Waals surface area contributed by atoms with Crippen molar-refractivity contribution in [2.75, 3.05) is 20.7 Å². The molecule has 0 unspecified atom stereocenters. The van der Waals surface area contributed by atoms with Gasteiger partial charge in [-0.25, -0.2) is 0 Å². The summed E-state index contributed by atoms with van der Waals surface area (Å²) in [6, 6.07) is 3.86. The molecule has 1 amide bonds. The molecule has 4 heteroatoms. The van der Waals surface area contributed by atoms with Gasteiger partial charge in [0.15, 0.2) is 0 Å². The molecule has 1 heterocycles. The van der Waals surface area contributed by atoms with Crippen molar-refractivity contribution in [2.24, 2.45) is 0 Å². The number of ether oxygens (including phenoxy) is 1. The molecule has 21 heavy (non-hydrogen) atoms. The Balaban J connectivity index is 2.68. The van der Waals surface area contributed by atoms with Crippen molar-refractivity contribution in [1.29, 1.82) is 0 Å². The fraction of sp³-hybridized carbons (Fsp3) is 0.471. The summed E-state index contributed by atoms with van der Waals surface area (Å²) in [6.07, 6.45) is 0.813. The van der Waals surface area contributed by atoms with E-state index in [1.54, 1.807) is 12.0 Å². The largest absolute Gasteiger partial charge is 0.495 e. The minimum atomic E-state index is -0.247. The van der Waals surface area contributed by atoms with Crippen LogP contribution >= 0.6 is 11.6 Å². The molecule has 0 N–H and O–H groups in total. The molecule has 0 aliphatic carbocycles. The molecule has 114 valence electrons. The lowest BCUT2D eigenvalue weighted by atomic mass is 9.86. The second kappa shape index (κ2) is 6.10. The second-order valence-electron chi connectivity index (χ2n) is 5.81. The number of benzene rings is 1. The molecule has 0 fully saturated rings. The van der Waals surface area contributed by atoms with Crippen LogP contribution in [-0.4, -0.2) is 31.5 Å². The third kappa shape index (κ3) is 2.93. The Bertz CT molecular complexity index is 603. The summed E-state index contributed by atoms with van der Waals surface area (Å²) < 4.78 is 5.33. The van der Waals surface area contributed by atoms with Crippen LogP contribution in [0, 0.1) is 0 Å². The first kappa shape index (κ1) is 15.9. The van der Waals surface area contributed by atoms with E-state index in [4.69, 9.17) is 16.3 Å². The number of carbonyl (C=O) groups is 1. The highest BCUT2D eigenvalue weighted by atomic mass is 35.5. The average Bonchev–Trinajstić information content (AvgIpc) is 2.56. The van der Waals surface area contributed by atoms with Crippen molar-refractivity contribution in [1.82, 2.24) is 4.90 Å². The highest BCUT2D eigenvalue weighted by molar-refractivity contribution is 6.32. The summed E-state index contributed by atoms with van der Waals surface area (Å²) in [5, 5.41) is 0.599. The van der Waals surface area contributed by atoms with Gasteiger partial charge in [-0.05, 0) is 50.5 Å². The summed E-state index contributed by atoms with van der Waals surface area (Å²) in [7, 11) is 3.46. The first-order chi connectivity index (χ1) is 9.86. The minimum Gasteiger partial charge on any atom is -0.495 e. The number of hydrogen-bond donors (Lipinski definition) is 0. The quantitative estimate of drug-likeness (QED) is 0.778. The van der Waals surface area contributed by atoms with E-state index >= 15 is 0 Å². The Hall–Kier alpha value is -1.48. The Morgan fingerprint density at radius 2 is 2.00 bits per heavy atom. The molecule has 1 aliphatic heterocycles. The van der Waals surface area contributed by atoms with Crippen LogP contribution in [-0.2, 0) is 11.2 Å². The maximum atomic E-state index is 12.8. The fourth-order valence-corrected chi connectivity index (χ4v) is 2.97. The second-order valence-corrected chi connectivity index (χ2v) is 6.22. The van der Waals surface area contributed by atoms with Gasteiger partial charge in [-0.1, -0.05) is 22.7 Å². The zero-order valence-corrected chi connectivity index (χ0v) is 14.0. The van der Waals surface area contributed by atoms with Gasteiger partial charge >= 0.3 is 0 Å². The lowest BCUT2D eigenvalue weighted by Crippen LogP contribution is -2.31. The number of likely N-dealkylation sites (N-methyl/N-ethyl adjacent to an activating group) is 1. The number of amides is 1. The Labute approximate surface area is 131 Å². The van der Waals surface area contributed by atoms with Gasteiger partial charge in [-0.2, -0.15) is 0 Å². The standard InChI is InChI=1S/C17H22ClNO2/c1-10(2)11(3)16-13-9-15(21-5)14(18)8-12(13)6-7-19(4)17(16)20/h8-9,16H,6-7H2,1-5H3/t16-/m0/s1. The molecule has 1 aliphatic rings. The normalized spacial score (nSPS) is 18.1. The molecular weight excluding hydrogens is 286 g/mol. The molecule has 1 aromatic carbocycles. The molecule has 2 rings (SSSR count). The van der Waals surface area contributed by atoms with E-state index in [0.717, 1.165) is 23.1 Å². The number of methoxy groups -OCH3 is 1. The van der Waals surface area contributed by atoms with Crippen LogP contribution in [0.4, 0.5) is 0 Å². The van der Waals surface area contributed by atoms with Crippen LogP contribution in [0.15, 0.2) is 23.3 Å². The van der Waals surface area contributed by atoms with Crippen molar-refractivity contribution in [3.8, 4) is 5.75 Å². The van der Waals surface area contributed by atoms with E-state index in [9.17, 15) is 4.79 Å². The monoisotopic (exact) mass is 307 g/mol. The number of allylic oxidation sites excluding steroid dienone is 1. The third-order valence-corrected chi connectivity index (χ3v) is 4.58. The number of carbonyl (C=O) groups excluding carboxylic acids is 1. The third-order valence-electron chi connectivity index (χ3n) is 4.29. The van der Waals surface area contributed by atoms with Crippen molar-refractivity contribution >= 4 is 17.5 Å². The lowest BCUT2D eigenvalue weighted by molar-refractivity contribution is -0.130. The number of nitrogens with zero attached hydrogens (tertiary/aromatic N) is 1. The van der Waals surface area contributed by atoms with Gasteiger partial charge in [0.05, 0.1) is 18.1 Å². The maximum Gasteiger partial charge on any atom is 0.233 e. The molecular formula is C17H22ClNO2. The summed E-state index contributed by atoms with van der Waals surface area (Å²) in [5.74, 6) is 0.514. The predicted molar refractivity (Wildman–Crippen MR) is 86.1 cm³/mol. The van der Waals surface area contributed by atoms with Gasteiger partial charge in [0.1, 0.15) is 5.75 Å². The molecule has 1 atom stereocenters. The Morgan fingerprint density at radius 1 is 1.33 bits per heavy atom. The summed E-state index contributed by atoms with van der Waals surface area (Å²) in [4.78, 5) is 14.6. The van der Waals surface area contributed by atoms with Crippen molar-refractivity contribution in [3.05, 3.63) is 39.4 Å². The van der Waals surface area contributed by atoms with Gasteiger partial charge in [-0.3, -0.25) is 4.79 Å². The zero-order valence-electron chi connectivity index (χ0n) is 13.3. The van der Waals surface area contributed by atoms with E-state index in [2.05, 4.69) is 0 Å². The summed E-state index contributed by atoms with van der Waals surface area (Å²) in [6.45, 7) is 6.82. The van der Waals surface area contributed by atoms with Gasteiger partial charge in [0, 0.05) is 13.6 Å². The average molecular weight is 308 g/mol. The molecule has 3 nitrogen and oxygen atoms in total. The van der Waals surface area contributed by atoms with E-state index in [1.165, 1.54) is 5.57 Å². The van der Waals surface area contributed by atoms with Crippen LogP contribution in [0.3, 0.4) is 0 Å². The van der Waals surface area contributed by atoms with E-state index in [0.29, 0.717) is 17.3 Å². The van der Waals surface area contributed by atoms with Crippen LogP contribution in [0.2, 0.25) is 5.02 Å². The van der Waals surface area contributed by atoms with Crippen molar-refractivity contribution in [3.63, 3.8) is 0 Å². The zero-order chi connectivity index (χ0) is 15.7. The van der Waals surface area contributed by atoms with Gasteiger partial charge in [-0.15, -0.1) is 0 Å². The molecule has 0 aromatic heterocycles. The van der Waals surface area contributed by atoms with Gasteiger partial charge < -0.3 is 9.64 Å². The Kier molecular flexibility index (Phi) is 4.62. The molecule has 0 saturated carbocycles. The molecule has 0 saturated heterocycles. The van der Waals surface area contributed by atoms with Crippen LogP contribution in [0.5, 0.6) is 5.75 Å².